The summed E-state index contributed by atoms with van der Waals surface area (Å²) in [6.07, 6.45) is 1.42. The molecule has 3 rings (SSSR count). The minimum absolute atomic E-state index is 0.0615. The second kappa shape index (κ2) is 8.60. The summed E-state index contributed by atoms with van der Waals surface area (Å²) in [5, 5.41) is 11.0. The molecule has 7 nitrogen and oxygen atoms in total. The fraction of sp³-hybridized carbons (Fsp3) is 0.368. The predicted octanol–water partition coefficient (Wildman–Crippen LogP) is 3.52. The zero-order valence-electron chi connectivity index (χ0n) is 15.5. The van der Waals surface area contributed by atoms with Crippen molar-refractivity contribution in [2.24, 2.45) is 0 Å². The van der Waals surface area contributed by atoms with Crippen molar-refractivity contribution in [2.45, 2.75) is 34.3 Å². The van der Waals surface area contributed by atoms with Gasteiger partial charge in [-0.1, -0.05) is 24.3 Å². The first-order chi connectivity index (χ1) is 13.3. The molecule has 0 saturated carbocycles. The molecule has 1 aliphatic rings. The Labute approximate surface area is 168 Å². The monoisotopic (exact) mass is 422 g/mol. The highest BCUT2D eigenvalue weighted by Crippen LogP contribution is 2.40. The number of nitro benzene ring substituents is 1. The largest absolute Gasteiger partial charge is 0.381 e. The molecule has 1 N–H and O–H groups in total. The maximum Gasteiger partial charge on any atom is 0.270 e. The molecule has 0 bridgehead atoms. The smallest absolute Gasteiger partial charge is 0.270 e. The van der Waals surface area contributed by atoms with Crippen molar-refractivity contribution in [1.29, 1.82) is 0 Å². The van der Waals surface area contributed by atoms with Gasteiger partial charge in [0.05, 0.1) is 9.82 Å². The van der Waals surface area contributed by atoms with Crippen molar-refractivity contribution in [3.8, 4) is 0 Å². The molecule has 0 spiro atoms. The molecule has 1 aliphatic heterocycles. The average molecular weight is 423 g/mol. The summed E-state index contributed by atoms with van der Waals surface area (Å²) in [4.78, 5) is 11.4. The van der Waals surface area contributed by atoms with Gasteiger partial charge in [-0.25, -0.2) is 13.1 Å². The van der Waals surface area contributed by atoms with Gasteiger partial charge in [0.1, 0.15) is 0 Å². The van der Waals surface area contributed by atoms with E-state index in [0.29, 0.717) is 31.6 Å². The summed E-state index contributed by atoms with van der Waals surface area (Å²) in [5.74, 6) is 0. The van der Waals surface area contributed by atoms with Crippen LogP contribution in [0.5, 0.6) is 0 Å². The molecule has 150 valence electrons. The molecule has 1 heterocycles. The highest BCUT2D eigenvalue weighted by Gasteiger charge is 2.35. The van der Waals surface area contributed by atoms with Crippen LogP contribution < -0.4 is 4.72 Å². The number of benzene rings is 2. The van der Waals surface area contributed by atoms with Gasteiger partial charge in [0, 0.05) is 41.5 Å². The Morgan fingerprint density at radius 3 is 2.50 bits per heavy atom. The Hall–Kier alpha value is -1.94. The lowest BCUT2D eigenvalue weighted by molar-refractivity contribution is -0.385. The second-order valence-corrected chi connectivity index (χ2v) is 10.0. The maximum atomic E-state index is 12.9. The first-order valence-electron chi connectivity index (χ1n) is 8.88. The van der Waals surface area contributed by atoms with Crippen molar-refractivity contribution in [1.82, 2.24) is 4.72 Å². The van der Waals surface area contributed by atoms with Gasteiger partial charge in [-0.3, -0.25) is 10.1 Å². The van der Waals surface area contributed by atoms with E-state index in [9.17, 15) is 18.5 Å². The Kier molecular flexibility index (Phi) is 6.39. The highest BCUT2D eigenvalue weighted by atomic mass is 32.2. The molecular weight excluding hydrogens is 400 g/mol. The fourth-order valence-corrected chi connectivity index (χ4v) is 5.88. The summed E-state index contributed by atoms with van der Waals surface area (Å²) in [6.45, 7) is 2.98. The molecule has 1 saturated heterocycles. The highest BCUT2D eigenvalue weighted by molar-refractivity contribution is 8.00. The summed E-state index contributed by atoms with van der Waals surface area (Å²) in [5.41, 5.74) is 0.222. The summed E-state index contributed by atoms with van der Waals surface area (Å²) >= 11 is 1.64. The first-order valence-corrected chi connectivity index (χ1v) is 11.2. The molecule has 1 fully saturated rings. The molecule has 0 amide bonds. The maximum absolute atomic E-state index is 12.9. The number of ether oxygens (including phenoxy) is 1. The van der Waals surface area contributed by atoms with Gasteiger partial charge >= 0.3 is 0 Å². The zero-order valence-corrected chi connectivity index (χ0v) is 17.1. The van der Waals surface area contributed by atoms with Gasteiger partial charge < -0.3 is 4.74 Å². The lowest BCUT2D eigenvalue weighted by Crippen LogP contribution is -2.44. The minimum Gasteiger partial charge on any atom is -0.381 e. The van der Waals surface area contributed by atoms with E-state index >= 15 is 0 Å². The predicted molar refractivity (Wildman–Crippen MR) is 108 cm³/mol. The van der Waals surface area contributed by atoms with E-state index in [-0.39, 0.29) is 21.9 Å². The second-order valence-electron chi connectivity index (χ2n) is 6.74. The van der Waals surface area contributed by atoms with Crippen LogP contribution in [-0.2, 0) is 14.8 Å². The number of nitrogens with one attached hydrogen (secondary N) is 1. The van der Waals surface area contributed by atoms with Gasteiger partial charge in [-0.05, 0) is 37.5 Å². The van der Waals surface area contributed by atoms with E-state index in [1.54, 1.807) is 18.7 Å². The van der Waals surface area contributed by atoms with Gasteiger partial charge in [0.25, 0.3) is 5.69 Å². The Morgan fingerprint density at radius 2 is 1.86 bits per heavy atom. The van der Waals surface area contributed by atoms with Gasteiger partial charge in [-0.15, -0.1) is 11.8 Å². The van der Waals surface area contributed by atoms with Crippen LogP contribution in [0.2, 0.25) is 0 Å². The quantitative estimate of drug-likeness (QED) is 0.541. The molecule has 0 atom stereocenters. The van der Waals surface area contributed by atoms with Crippen molar-refractivity contribution in [2.75, 3.05) is 19.8 Å². The molecule has 0 unspecified atom stereocenters. The number of nitrogens with zero attached hydrogens (tertiary/aromatic N) is 1. The SMILES string of the molecule is Cc1ccc([N+](=O)[O-])cc1S(=O)(=O)NCC1(Sc2ccccc2)CCOCC1. The first kappa shape index (κ1) is 20.8. The van der Waals surface area contributed by atoms with Gasteiger partial charge in [-0.2, -0.15) is 0 Å². The van der Waals surface area contributed by atoms with Crippen LogP contribution in [0.1, 0.15) is 18.4 Å². The lowest BCUT2D eigenvalue weighted by Gasteiger charge is -2.36. The molecule has 0 aliphatic carbocycles. The van der Waals surface area contributed by atoms with E-state index in [1.165, 1.54) is 12.1 Å². The van der Waals surface area contributed by atoms with Crippen LogP contribution in [-0.4, -0.2) is 37.8 Å². The number of hydrogen-bond acceptors (Lipinski definition) is 6. The molecule has 2 aromatic carbocycles. The van der Waals surface area contributed by atoms with E-state index in [0.717, 1.165) is 11.0 Å². The third kappa shape index (κ3) is 4.91. The van der Waals surface area contributed by atoms with Gasteiger partial charge in [0.15, 0.2) is 0 Å². The van der Waals surface area contributed by atoms with E-state index < -0.39 is 14.9 Å². The van der Waals surface area contributed by atoms with Crippen molar-refractivity contribution in [3.63, 3.8) is 0 Å². The number of thioether (sulfide) groups is 1. The molecule has 28 heavy (non-hydrogen) atoms. The number of non-ortho nitro benzene ring substituents is 1. The van der Waals surface area contributed by atoms with Crippen LogP contribution in [0.15, 0.2) is 58.3 Å². The van der Waals surface area contributed by atoms with Crippen LogP contribution in [0.4, 0.5) is 5.69 Å². The number of aryl methyl sites for hydroxylation is 1. The summed E-state index contributed by atoms with van der Waals surface area (Å²) < 4.78 is 33.6. The van der Waals surface area contributed by atoms with Gasteiger partial charge in [0.2, 0.25) is 10.0 Å². The lowest BCUT2D eigenvalue weighted by atomic mass is 9.99. The summed E-state index contributed by atoms with van der Waals surface area (Å²) in [7, 11) is -3.89. The molecule has 0 aromatic heterocycles. The van der Waals surface area contributed by atoms with Crippen molar-refractivity contribution in [3.05, 3.63) is 64.2 Å². The van der Waals surface area contributed by atoms with E-state index in [2.05, 4.69) is 4.72 Å². The molecular formula is C19H22N2O5S2. The minimum atomic E-state index is -3.89. The molecule has 9 heteroatoms. The Balaban J connectivity index is 1.82. The van der Waals surface area contributed by atoms with E-state index in [1.807, 2.05) is 30.3 Å². The fourth-order valence-electron chi connectivity index (χ4n) is 3.09. The Bertz CT molecular complexity index is 942. The van der Waals surface area contributed by atoms with E-state index in [4.69, 9.17) is 4.74 Å². The summed E-state index contributed by atoms with van der Waals surface area (Å²) in [6, 6.07) is 13.7. The molecule has 2 aromatic rings. The number of sulfonamides is 1. The number of nitro groups is 1. The zero-order chi connectivity index (χ0) is 20.2. The van der Waals surface area contributed by atoms with Crippen molar-refractivity contribution < 1.29 is 18.1 Å². The van der Waals surface area contributed by atoms with Crippen molar-refractivity contribution >= 4 is 27.5 Å². The average Bonchev–Trinajstić information content (AvgIpc) is 2.68. The van der Waals surface area contributed by atoms with Crippen LogP contribution >= 0.6 is 11.8 Å². The van der Waals surface area contributed by atoms with Crippen LogP contribution in [0.25, 0.3) is 0 Å². The number of rotatable bonds is 7. The topological polar surface area (TPSA) is 98.5 Å². The third-order valence-corrected chi connectivity index (χ3v) is 7.77. The number of hydrogen-bond donors (Lipinski definition) is 1. The standard InChI is InChI=1S/C19H22N2O5S2/c1-15-7-8-16(21(22)23)13-18(15)28(24,25)20-14-19(9-11-26-12-10-19)27-17-5-3-2-4-6-17/h2-8,13,20H,9-12,14H2,1H3. The third-order valence-electron chi connectivity index (χ3n) is 4.74. The molecule has 0 radical (unpaired) electrons. The van der Waals surface area contributed by atoms with Crippen LogP contribution in [0.3, 0.4) is 0 Å². The normalized spacial score (nSPS) is 16.6. The van der Waals surface area contributed by atoms with Crippen LogP contribution in [0, 0.1) is 17.0 Å². The Morgan fingerprint density at radius 1 is 1.18 bits per heavy atom.